The van der Waals surface area contributed by atoms with E-state index in [4.69, 9.17) is 52.1 Å². The normalized spacial score (nSPS) is 26.6. The van der Waals surface area contributed by atoms with Crippen molar-refractivity contribution in [3.63, 3.8) is 0 Å². The van der Waals surface area contributed by atoms with Gasteiger partial charge in [0.25, 0.3) is 0 Å². The van der Waals surface area contributed by atoms with Crippen LogP contribution in [0.3, 0.4) is 0 Å². The van der Waals surface area contributed by atoms with E-state index >= 15 is 0 Å². The van der Waals surface area contributed by atoms with Gasteiger partial charge in [0, 0.05) is 13.1 Å². The lowest BCUT2D eigenvalue weighted by Crippen LogP contribution is -2.60. The molecule has 4 aliphatic heterocycles. The molecule has 121 heavy (non-hydrogen) atoms. The Morgan fingerprint density at radius 1 is 0.264 bits per heavy atom. The molecule has 4 rings (SSSR count). The Kier molecular flexibility index (Phi) is 54.6. The zero-order valence-electron chi connectivity index (χ0n) is 70.0. The summed E-state index contributed by atoms with van der Waals surface area (Å²) in [6, 6.07) is 0. The Bertz CT molecular complexity index is 2580. The fraction of sp³-hybridized carbons (Fsp3) is 0.897. The number of aliphatic hydroxyl groups excluding tert-OH is 16. The minimum Gasteiger partial charge on any atom is -0.442 e. The van der Waals surface area contributed by atoms with Crippen LogP contribution in [0.1, 0.15) is 219 Å². The van der Waals surface area contributed by atoms with E-state index in [0.29, 0.717) is 25.9 Å². The Morgan fingerprint density at radius 3 is 0.661 bits per heavy atom. The number of alkyl carbamates (subject to hydrolysis) is 7. The fourth-order valence-corrected chi connectivity index (χ4v) is 13.8. The summed E-state index contributed by atoms with van der Waals surface area (Å²) in [4.78, 5) is 110. The predicted octanol–water partition coefficient (Wildman–Crippen LogP) is -0.273. The lowest BCUT2D eigenvalue weighted by Gasteiger charge is -2.39. The second-order valence-corrected chi connectivity index (χ2v) is 31.1. The van der Waals surface area contributed by atoms with Crippen LogP contribution in [0.25, 0.3) is 0 Å². The first-order valence-corrected chi connectivity index (χ1v) is 43.2. The van der Waals surface area contributed by atoms with E-state index in [9.17, 15) is 120 Å². The molecule has 20 atom stereocenters. The van der Waals surface area contributed by atoms with Crippen molar-refractivity contribution in [2.24, 2.45) is 0 Å². The van der Waals surface area contributed by atoms with Crippen LogP contribution in [0.5, 0.6) is 0 Å². The third-order valence-corrected chi connectivity index (χ3v) is 21.3. The van der Waals surface area contributed by atoms with E-state index in [0.717, 1.165) is 64.2 Å². The van der Waals surface area contributed by atoms with E-state index in [1.165, 1.54) is 128 Å². The molecule has 0 aromatic carbocycles. The van der Waals surface area contributed by atoms with E-state index in [-0.39, 0.29) is 0 Å². The first kappa shape index (κ1) is 107. The number of hydrogen-bond donors (Lipinski definition) is 23. The molecule has 0 aromatic rings. The molecule has 23 N–H and O–H groups in total. The second-order valence-electron chi connectivity index (χ2n) is 31.1. The van der Waals surface area contributed by atoms with E-state index in [1.54, 1.807) is 4.90 Å². The number of unbranched alkanes of at least 4 members (excludes halogenated alkanes) is 30. The van der Waals surface area contributed by atoms with E-state index < -0.39 is 262 Å². The Balaban J connectivity index is 1.55. The third kappa shape index (κ3) is 41.5. The standard InChI is InChI=1S/C78H142N8O35/c1-3-5-7-9-11-13-15-17-19-21-23-25-27-29-31-33-35-86(36-34-32-30-28-26-24-22-20-18-16-14-12-10-8-6-4-2)55(91)43-85-74(106)113-48(37-79-72(104)111-49(39-81-75(107)118-68-64(100)60(96)56(92)51(44-87)114-68)40-82-76(108)119-69-65(101)61(97)57(93)52(45-88)115-69)38-80-73(105)112-50(41-83-77(109)120-70-66(102)62(98)58(94)53(46-89)116-70)42-84-78(110)121-71-67(103)63(99)59(95)54(47-90)117-71/h48-54,56-71,87-90,92-103H,3-47H2,1-2H3,(H,79,104)(H,80,105)(H,81,107)(H,82,108)(H,83,109)(H,84,110)(H,85,106)/t51-,52-,53-,54-,56+,57+,58+,59+,60+,61+,62+,63+,64-,65-,66-,67-,68-,69-,70-,71-/m1/s1. The van der Waals surface area contributed by atoms with Crippen LogP contribution in [0.2, 0.25) is 0 Å². The minimum atomic E-state index is -2.07. The Hall–Kier alpha value is -6.44. The van der Waals surface area contributed by atoms with Gasteiger partial charge in [-0.3, -0.25) is 4.79 Å². The number of nitrogens with one attached hydrogen (secondary N) is 7. The lowest BCUT2D eigenvalue weighted by atomic mass is 9.99. The van der Waals surface area contributed by atoms with Gasteiger partial charge >= 0.3 is 42.7 Å². The van der Waals surface area contributed by atoms with Crippen LogP contribution < -0.4 is 37.2 Å². The first-order chi connectivity index (χ1) is 58.1. The molecule has 0 unspecified atom stereocenters. The number of nitrogens with zero attached hydrogens (tertiary/aromatic N) is 1. The average Bonchev–Trinajstić information content (AvgIpc) is 0.832. The molecule has 0 saturated carbocycles. The van der Waals surface area contributed by atoms with Gasteiger partial charge in [-0.05, 0) is 12.8 Å². The fourth-order valence-electron chi connectivity index (χ4n) is 13.8. The number of ether oxygens (including phenoxy) is 11. The first-order valence-electron chi connectivity index (χ1n) is 43.2. The highest BCUT2D eigenvalue weighted by Crippen LogP contribution is 2.27. The smallest absolute Gasteiger partial charge is 0.409 e. The molecular weight excluding hydrogens is 1610 g/mol. The molecule has 43 heteroatoms. The lowest BCUT2D eigenvalue weighted by molar-refractivity contribution is -0.285. The maximum atomic E-state index is 14.2. The van der Waals surface area contributed by atoms with Gasteiger partial charge in [0.1, 0.15) is 123 Å². The maximum Gasteiger partial charge on any atom is 0.409 e. The van der Waals surface area contributed by atoms with Gasteiger partial charge < -0.3 is 176 Å². The summed E-state index contributed by atoms with van der Waals surface area (Å²) < 4.78 is 57.7. The highest BCUT2D eigenvalue weighted by atomic mass is 16.8. The Morgan fingerprint density at radius 2 is 0.455 bits per heavy atom. The van der Waals surface area contributed by atoms with Gasteiger partial charge in [0.2, 0.25) is 31.1 Å². The van der Waals surface area contributed by atoms with Crippen molar-refractivity contribution in [2.45, 2.75) is 360 Å². The van der Waals surface area contributed by atoms with Crippen molar-refractivity contribution in [3.05, 3.63) is 0 Å². The third-order valence-electron chi connectivity index (χ3n) is 21.3. The van der Waals surface area contributed by atoms with Gasteiger partial charge in [-0.15, -0.1) is 0 Å². The summed E-state index contributed by atoms with van der Waals surface area (Å²) >= 11 is 0. The summed E-state index contributed by atoms with van der Waals surface area (Å²) in [7, 11) is 0. The number of carbonyl (C=O) groups is 8. The van der Waals surface area contributed by atoms with Gasteiger partial charge in [0.15, 0.2) is 0 Å². The molecule has 43 nitrogen and oxygen atoms in total. The molecule has 0 radical (unpaired) electrons. The molecule has 0 bridgehead atoms. The summed E-state index contributed by atoms with van der Waals surface area (Å²) in [5, 5.41) is 178. The molecule has 0 aromatic heterocycles. The zero-order valence-corrected chi connectivity index (χ0v) is 70.0. The molecular formula is C78H142N8O35. The predicted molar refractivity (Wildman–Crippen MR) is 423 cm³/mol. The quantitative estimate of drug-likeness (QED) is 0.0275. The van der Waals surface area contributed by atoms with Crippen molar-refractivity contribution in [1.29, 1.82) is 0 Å². The summed E-state index contributed by atoms with van der Waals surface area (Å²) in [6.07, 6.45) is -16.2. The number of aliphatic hydroxyl groups is 16. The van der Waals surface area contributed by atoms with E-state index in [2.05, 4.69) is 51.1 Å². The second kappa shape index (κ2) is 61.8. The number of carbonyl (C=O) groups excluding carboxylic acids is 8. The SMILES string of the molecule is CCCCCCCCCCCCCCCCCCN(CCCCCCCCCCCCCCCCCC)C(=O)CNC(=O)OC(CNC(=O)OC(CNC(=O)O[C@H]1O[C@H](CO)[C@H](O)[C@H](O)[C@H]1O)CNC(=O)O[C@H]1O[C@H](CO)[C@H](O)[C@H](O)[C@H]1O)CNC(=O)OC(CNC(=O)O[C@H]1O[C@H](CO)[C@H](O)[C@H](O)[C@H]1O)CNC(=O)O[C@H]1O[C@H](CO)[C@H](O)[C@H](O)[C@H]1O. The molecule has 4 heterocycles. The van der Waals surface area contributed by atoms with Crippen LogP contribution in [0, 0.1) is 0 Å². The molecule has 8 amide bonds. The zero-order chi connectivity index (χ0) is 89.0. The van der Waals surface area contributed by atoms with Gasteiger partial charge in [0.05, 0.1) is 65.7 Å². The monoisotopic (exact) mass is 1750 g/mol. The minimum absolute atomic E-state index is 0.392. The topological polar surface area (TPSA) is 649 Å². The van der Waals surface area contributed by atoms with Crippen LogP contribution in [0.15, 0.2) is 0 Å². The molecule has 0 aliphatic carbocycles. The van der Waals surface area contributed by atoms with Crippen LogP contribution in [-0.2, 0) is 56.9 Å². The van der Waals surface area contributed by atoms with Crippen molar-refractivity contribution in [2.75, 3.05) is 85.3 Å². The van der Waals surface area contributed by atoms with Crippen molar-refractivity contribution in [3.8, 4) is 0 Å². The number of rotatable bonds is 59. The average molecular weight is 1750 g/mol. The largest absolute Gasteiger partial charge is 0.442 e. The number of amides is 8. The molecule has 4 fully saturated rings. The summed E-state index contributed by atoms with van der Waals surface area (Å²) in [5.74, 6) is -0.455. The van der Waals surface area contributed by atoms with Crippen molar-refractivity contribution >= 4 is 48.6 Å². The highest BCUT2D eigenvalue weighted by Gasteiger charge is 2.49. The Labute approximate surface area is 706 Å². The highest BCUT2D eigenvalue weighted by molar-refractivity contribution is 5.82. The molecule has 0 spiro atoms. The van der Waals surface area contributed by atoms with Crippen LogP contribution in [0.4, 0.5) is 33.6 Å². The van der Waals surface area contributed by atoms with Crippen LogP contribution in [-0.4, -0.2) is 362 Å². The van der Waals surface area contributed by atoms with Crippen LogP contribution >= 0.6 is 0 Å². The summed E-state index contributed by atoms with van der Waals surface area (Å²) in [6.45, 7) is -4.05. The van der Waals surface area contributed by atoms with E-state index in [1.807, 2.05) is 0 Å². The van der Waals surface area contributed by atoms with Crippen molar-refractivity contribution < 1.29 is 172 Å². The van der Waals surface area contributed by atoms with Gasteiger partial charge in [-0.1, -0.05) is 206 Å². The molecule has 4 saturated heterocycles. The van der Waals surface area contributed by atoms with Crippen molar-refractivity contribution in [1.82, 2.24) is 42.1 Å². The van der Waals surface area contributed by atoms with Gasteiger partial charge in [-0.25, -0.2) is 33.6 Å². The number of hydrogen-bond acceptors (Lipinski definition) is 35. The van der Waals surface area contributed by atoms with Gasteiger partial charge in [-0.2, -0.15) is 0 Å². The summed E-state index contributed by atoms with van der Waals surface area (Å²) in [5.41, 5.74) is 0. The molecule has 704 valence electrons. The maximum absolute atomic E-state index is 14.2. The molecule has 4 aliphatic rings.